The highest BCUT2D eigenvalue weighted by atomic mass is 19.4. The average molecular weight is 443 g/mol. The zero-order valence-corrected chi connectivity index (χ0v) is 15.1. The van der Waals surface area contributed by atoms with E-state index in [-0.39, 0.29) is 10.2 Å². The van der Waals surface area contributed by atoms with E-state index >= 15 is 0 Å². The molecular weight excluding hydrogens is 432 g/mol. The summed E-state index contributed by atoms with van der Waals surface area (Å²) in [6.07, 6.45) is -8.94. The second-order valence-corrected chi connectivity index (χ2v) is 5.99. The summed E-state index contributed by atoms with van der Waals surface area (Å²) in [6, 6.07) is 8.76. The minimum absolute atomic E-state index is 0.142. The van der Waals surface area contributed by atoms with Gasteiger partial charge in [0.25, 0.3) is 11.8 Å². The molecule has 0 saturated heterocycles. The monoisotopic (exact) mass is 443 g/mol. The van der Waals surface area contributed by atoms with Crippen LogP contribution in [0.4, 0.5) is 26.3 Å². The van der Waals surface area contributed by atoms with E-state index < -0.39 is 46.8 Å². The SMILES string of the molecule is O=C(NNC(=O)c1cnn(-c2ccc(C(F)(F)F)cn2)c1C(F)(F)F)c1ccccc1. The lowest BCUT2D eigenvalue weighted by atomic mass is 10.2. The molecule has 0 bridgehead atoms. The quantitative estimate of drug-likeness (QED) is 0.480. The zero-order chi connectivity index (χ0) is 22.8. The van der Waals surface area contributed by atoms with Crippen molar-refractivity contribution in [2.75, 3.05) is 0 Å². The molecule has 2 heterocycles. The van der Waals surface area contributed by atoms with Crippen molar-refractivity contribution in [2.45, 2.75) is 12.4 Å². The van der Waals surface area contributed by atoms with Crippen LogP contribution in [-0.4, -0.2) is 26.6 Å². The molecule has 2 aromatic heterocycles. The van der Waals surface area contributed by atoms with Crippen LogP contribution in [0.3, 0.4) is 0 Å². The maximum atomic E-state index is 13.6. The van der Waals surface area contributed by atoms with Gasteiger partial charge in [-0.3, -0.25) is 20.4 Å². The maximum Gasteiger partial charge on any atom is 0.434 e. The number of nitrogens with one attached hydrogen (secondary N) is 2. The van der Waals surface area contributed by atoms with Crippen LogP contribution in [-0.2, 0) is 12.4 Å². The lowest BCUT2D eigenvalue weighted by Crippen LogP contribution is -2.42. The van der Waals surface area contributed by atoms with Gasteiger partial charge in [0.15, 0.2) is 11.5 Å². The molecule has 0 saturated carbocycles. The van der Waals surface area contributed by atoms with Crippen molar-refractivity contribution >= 4 is 11.8 Å². The first kappa shape index (κ1) is 21.8. The summed E-state index contributed by atoms with van der Waals surface area (Å²) in [5, 5.41) is 3.43. The van der Waals surface area contributed by atoms with E-state index in [9.17, 15) is 35.9 Å². The van der Waals surface area contributed by atoms with E-state index in [0.29, 0.717) is 24.5 Å². The number of amides is 2. The van der Waals surface area contributed by atoms with Crippen LogP contribution in [0, 0.1) is 0 Å². The van der Waals surface area contributed by atoms with Crippen LogP contribution in [0.15, 0.2) is 54.9 Å². The Bertz CT molecular complexity index is 1090. The fraction of sp³-hybridized carbons (Fsp3) is 0.111. The topological polar surface area (TPSA) is 88.9 Å². The van der Waals surface area contributed by atoms with Gasteiger partial charge in [-0.05, 0) is 24.3 Å². The van der Waals surface area contributed by atoms with Gasteiger partial charge < -0.3 is 0 Å². The predicted molar refractivity (Wildman–Crippen MR) is 92.7 cm³/mol. The molecule has 162 valence electrons. The Morgan fingerprint density at radius 3 is 2.00 bits per heavy atom. The number of hydrogen-bond donors (Lipinski definition) is 2. The second kappa shape index (κ2) is 8.08. The van der Waals surface area contributed by atoms with E-state index in [1.165, 1.54) is 12.1 Å². The third-order valence-corrected chi connectivity index (χ3v) is 3.90. The second-order valence-electron chi connectivity index (χ2n) is 5.99. The minimum atomic E-state index is -5.11. The first-order chi connectivity index (χ1) is 14.5. The lowest BCUT2D eigenvalue weighted by Gasteiger charge is -2.13. The third-order valence-electron chi connectivity index (χ3n) is 3.90. The van der Waals surface area contributed by atoms with Gasteiger partial charge in [-0.25, -0.2) is 9.67 Å². The summed E-state index contributed by atoms with van der Waals surface area (Å²) in [7, 11) is 0. The zero-order valence-electron chi connectivity index (χ0n) is 15.1. The van der Waals surface area contributed by atoms with Crippen molar-refractivity contribution in [3.8, 4) is 5.82 Å². The lowest BCUT2D eigenvalue weighted by molar-refractivity contribution is -0.143. The highest BCUT2D eigenvalue weighted by Gasteiger charge is 2.41. The fourth-order valence-corrected chi connectivity index (χ4v) is 2.48. The maximum absolute atomic E-state index is 13.6. The van der Waals surface area contributed by atoms with Crippen molar-refractivity contribution in [3.05, 3.63) is 77.2 Å². The predicted octanol–water partition coefficient (Wildman–Crippen LogP) is 3.38. The summed E-state index contributed by atoms with van der Waals surface area (Å²) in [5.41, 5.74) is 0.235. The van der Waals surface area contributed by atoms with Gasteiger partial charge in [-0.15, -0.1) is 0 Å². The standard InChI is InChI=1S/C18H11F6N5O2/c19-17(20,21)11-6-7-13(25-8-11)29-14(18(22,23)24)12(9-26-29)16(31)28-27-15(30)10-4-2-1-3-5-10/h1-9H,(H,27,30)(H,28,31). The molecule has 2 N–H and O–H groups in total. The molecule has 0 aliphatic heterocycles. The molecule has 0 spiro atoms. The van der Waals surface area contributed by atoms with Crippen molar-refractivity contribution in [1.29, 1.82) is 0 Å². The van der Waals surface area contributed by atoms with Crippen LogP contribution in [0.1, 0.15) is 32.0 Å². The molecule has 1 aromatic carbocycles. The van der Waals surface area contributed by atoms with Gasteiger partial charge in [0.2, 0.25) is 0 Å². The summed E-state index contributed by atoms with van der Waals surface area (Å²) in [4.78, 5) is 27.5. The summed E-state index contributed by atoms with van der Waals surface area (Å²) in [6.45, 7) is 0. The van der Waals surface area contributed by atoms with E-state index in [4.69, 9.17) is 0 Å². The van der Waals surface area contributed by atoms with Crippen LogP contribution in [0.25, 0.3) is 5.82 Å². The van der Waals surface area contributed by atoms with Gasteiger partial charge in [-0.1, -0.05) is 18.2 Å². The van der Waals surface area contributed by atoms with Gasteiger partial charge in [-0.2, -0.15) is 31.4 Å². The van der Waals surface area contributed by atoms with E-state index in [1.54, 1.807) is 18.2 Å². The number of carbonyl (C=O) groups excluding carboxylic acids is 2. The first-order valence-corrected chi connectivity index (χ1v) is 8.33. The molecule has 7 nitrogen and oxygen atoms in total. The fourth-order valence-electron chi connectivity index (χ4n) is 2.48. The molecule has 13 heteroatoms. The molecule has 0 aliphatic rings. The number of rotatable bonds is 3. The Hall–Kier alpha value is -3.90. The average Bonchev–Trinajstić information content (AvgIpc) is 3.18. The molecule has 0 radical (unpaired) electrons. The number of hydrazine groups is 1. The third kappa shape index (κ3) is 4.82. The van der Waals surface area contributed by atoms with E-state index in [2.05, 4.69) is 10.1 Å². The number of carbonyl (C=O) groups is 2. The van der Waals surface area contributed by atoms with E-state index in [1.807, 2.05) is 10.9 Å². The highest BCUT2D eigenvalue weighted by Crippen LogP contribution is 2.34. The van der Waals surface area contributed by atoms with Crippen molar-refractivity contribution in [3.63, 3.8) is 0 Å². The van der Waals surface area contributed by atoms with Crippen molar-refractivity contribution < 1.29 is 35.9 Å². The summed E-state index contributed by atoms with van der Waals surface area (Å²) < 4.78 is 78.9. The summed E-state index contributed by atoms with van der Waals surface area (Å²) in [5.74, 6) is -2.71. The Morgan fingerprint density at radius 2 is 1.45 bits per heavy atom. The van der Waals surface area contributed by atoms with Gasteiger partial charge in [0, 0.05) is 11.8 Å². The smallest absolute Gasteiger partial charge is 0.267 e. The molecule has 0 atom stereocenters. The molecule has 0 unspecified atom stereocenters. The van der Waals surface area contributed by atoms with Crippen LogP contribution >= 0.6 is 0 Å². The number of hydrogen-bond acceptors (Lipinski definition) is 4. The van der Waals surface area contributed by atoms with Gasteiger partial charge in [0.05, 0.1) is 17.3 Å². The number of halogens is 6. The molecular formula is C18H11F6N5O2. The number of aromatic nitrogens is 3. The van der Waals surface area contributed by atoms with Crippen LogP contribution in [0.5, 0.6) is 0 Å². The highest BCUT2D eigenvalue weighted by molar-refractivity contribution is 5.99. The largest absolute Gasteiger partial charge is 0.434 e. The number of nitrogens with zero attached hydrogens (tertiary/aromatic N) is 3. The van der Waals surface area contributed by atoms with Crippen molar-refractivity contribution in [2.24, 2.45) is 0 Å². The normalized spacial score (nSPS) is 11.8. The molecule has 3 rings (SSSR count). The van der Waals surface area contributed by atoms with Gasteiger partial charge >= 0.3 is 12.4 Å². The number of alkyl halides is 6. The Labute approximate surface area is 169 Å². The first-order valence-electron chi connectivity index (χ1n) is 8.33. The Kier molecular flexibility index (Phi) is 5.69. The molecule has 0 aliphatic carbocycles. The molecule has 2 amide bonds. The van der Waals surface area contributed by atoms with Crippen LogP contribution in [0.2, 0.25) is 0 Å². The van der Waals surface area contributed by atoms with Crippen LogP contribution < -0.4 is 10.9 Å². The summed E-state index contributed by atoms with van der Waals surface area (Å²) >= 11 is 0. The number of benzene rings is 1. The Balaban J connectivity index is 1.87. The van der Waals surface area contributed by atoms with Crippen molar-refractivity contribution in [1.82, 2.24) is 25.6 Å². The number of pyridine rings is 1. The minimum Gasteiger partial charge on any atom is -0.267 e. The van der Waals surface area contributed by atoms with E-state index in [0.717, 1.165) is 0 Å². The molecule has 0 fully saturated rings. The molecule has 3 aromatic rings. The molecule has 31 heavy (non-hydrogen) atoms. The Morgan fingerprint density at radius 1 is 0.806 bits per heavy atom. The van der Waals surface area contributed by atoms with Gasteiger partial charge in [0.1, 0.15) is 0 Å².